The van der Waals surface area contributed by atoms with Crippen LogP contribution in [0.25, 0.3) is 10.2 Å². The normalized spacial score (nSPS) is 11.0. The van der Waals surface area contributed by atoms with E-state index in [1.165, 1.54) is 4.70 Å². The van der Waals surface area contributed by atoms with Crippen molar-refractivity contribution in [1.82, 2.24) is 15.0 Å². The van der Waals surface area contributed by atoms with Crippen molar-refractivity contribution in [1.29, 1.82) is 0 Å². The molecule has 0 amide bonds. The van der Waals surface area contributed by atoms with Crippen molar-refractivity contribution in [3.63, 3.8) is 0 Å². The Balaban J connectivity index is 1.96. The van der Waals surface area contributed by atoms with Gasteiger partial charge in [0.15, 0.2) is 4.34 Å². The van der Waals surface area contributed by atoms with Gasteiger partial charge in [0.2, 0.25) is 0 Å². The van der Waals surface area contributed by atoms with Crippen LogP contribution in [-0.4, -0.2) is 15.0 Å². The summed E-state index contributed by atoms with van der Waals surface area (Å²) < 4.78 is 3.00. The molecule has 3 rings (SSSR count). The lowest BCUT2D eigenvalue weighted by atomic mass is 10.3. The van der Waals surface area contributed by atoms with Gasteiger partial charge in [-0.15, -0.1) is 11.3 Å². The zero-order valence-electron chi connectivity index (χ0n) is 9.42. The third kappa shape index (κ3) is 2.55. The van der Waals surface area contributed by atoms with E-state index < -0.39 is 0 Å². The van der Waals surface area contributed by atoms with Crippen molar-refractivity contribution in [2.75, 3.05) is 0 Å². The minimum atomic E-state index is 0.757. The summed E-state index contributed by atoms with van der Waals surface area (Å²) in [6, 6.07) is 10.0. The van der Waals surface area contributed by atoms with Crippen molar-refractivity contribution < 1.29 is 0 Å². The summed E-state index contributed by atoms with van der Waals surface area (Å²) in [5.74, 6) is 0.757. The number of fused-ring (bicyclic) bond motifs is 1. The fraction of sp³-hybridized carbons (Fsp3) is 0.0833. The van der Waals surface area contributed by atoms with Crippen molar-refractivity contribution >= 4 is 49.2 Å². The van der Waals surface area contributed by atoms with Gasteiger partial charge in [-0.1, -0.05) is 12.1 Å². The summed E-state index contributed by atoms with van der Waals surface area (Å²) in [4.78, 5) is 13.2. The zero-order valence-corrected chi connectivity index (χ0v) is 12.6. The average Bonchev–Trinajstić information content (AvgIpc) is 2.69. The minimum Gasteiger partial charge on any atom is -0.229 e. The van der Waals surface area contributed by atoms with E-state index in [4.69, 9.17) is 0 Å². The van der Waals surface area contributed by atoms with Gasteiger partial charge >= 0.3 is 0 Å². The van der Waals surface area contributed by atoms with E-state index in [-0.39, 0.29) is 0 Å². The van der Waals surface area contributed by atoms with Crippen LogP contribution in [0, 0.1) is 6.92 Å². The minimum absolute atomic E-state index is 0.757. The molecule has 90 valence electrons. The van der Waals surface area contributed by atoms with Gasteiger partial charge in [0.1, 0.15) is 15.5 Å². The number of rotatable bonds is 2. The first-order valence-electron chi connectivity index (χ1n) is 5.25. The Kier molecular flexibility index (Phi) is 3.32. The van der Waals surface area contributed by atoms with Crippen LogP contribution < -0.4 is 0 Å². The molecule has 18 heavy (non-hydrogen) atoms. The summed E-state index contributed by atoms with van der Waals surface area (Å²) in [6.45, 7) is 1.88. The maximum Gasteiger partial charge on any atom is 0.157 e. The first-order valence-corrected chi connectivity index (χ1v) is 7.68. The molecule has 1 aromatic carbocycles. The first-order chi connectivity index (χ1) is 8.70. The van der Waals surface area contributed by atoms with E-state index in [9.17, 15) is 0 Å². The Labute approximate surface area is 121 Å². The highest BCUT2D eigenvalue weighted by molar-refractivity contribution is 9.10. The Morgan fingerprint density at radius 2 is 2.00 bits per heavy atom. The van der Waals surface area contributed by atoms with Crippen LogP contribution in [0.3, 0.4) is 0 Å². The first kappa shape index (κ1) is 12.1. The fourth-order valence-electron chi connectivity index (χ4n) is 1.54. The van der Waals surface area contributed by atoms with Crippen LogP contribution in [0.4, 0.5) is 0 Å². The van der Waals surface area contributed by atoms with Gasteiger partial charge in [-0.3, -0.25) is 0 Å². The quantitative estimate of drug-likeness (QED) is 0.653. The molecule has 6 heteroatoms. The highest BCUT2D eigenvalue weighted by atomic mass is 79.9. The van der Waals surface area contributed by atoms with Crippen LogP contribution >= 0.6 is 39.0 Å². The summed E-state index contributed by atoms with van der Waals surface area (Å²) in [6.07, 6.45) is 0. The van der Waals surface area contributed by atoms with Crippen molar-refractivity contribution in [3.05, 3.63) is 40.8 Å². The Morgan fingerprint density at radius 1 is 1.17 bits per heavy atom. The van der Waals surface area contributed by atoms with Gasteiger partial charge < -0.3 is 0 Å². The maximum atomic E-state index is 4.57. The molecule has 0 fully saturated rings. The summed E-state index contributed by atoms with van der Waals surface area (Å²) in [7, 11) is 0. The monoisotopic (exact) mass is 337 g/mol. The molecule has 3 aromatic rings. The molecule has 0 unspecified atom stereocenters. The number of nitrogens with zero attached hydrogens (tertiary/aromatic N) is 3. The molecular weight excluding hydrogens is 330 g/mol. The summed E-state index contributed by atoms with van der Waals surface area (Å²) in [5.41, 5.74) is 1.04. The highest BCUT2D eigenvalue weighted by Gasteiger charge is 2.07. The second-order valence-corrected chi connectivity index (χ2v) is 6.74. The molecule has 0 saturated carbocycles. The van der Waals surface area contributed by atoms with Crippen LogP contribution in [-0.2, 0) is 0 Å². The molecule has 2 heterocycles. The second-order valence-electron chi connectivity index (χ2n) is 3.63. The molecular formula is C12H8BrN3S2. The molecule has 0 aliphatic carbocycles. The molecule has 0 aliphatic rings. The van der Waals surface area contributed by atoms with E-state index >= 15 is 0 Å². The molecule has 0 saturated heterocycles. The Morgan fingerprint density at radius 3 is 2.78 bits per heavy atom. The molecule has 0 aliphatic heterocycles. The number of halogens is 1. The molecule has 3 nitrogen and oxygen atoms in total. The highest BCUT2D eigenvalue weighted by Crippen LogP contribution is 2.33. The van der Waals surface area contributed by atoms with Crippen LogP contribution in [0.5, 0.6) is 0 Å². The second kappa shape index (κ2) is 4.95. The van der Waals surface area contributed by atoms with Gasteiger partial charge in [0.05, 0.1) is 10.2 Å². The molecule has 0 N–H and O–H groups in total. The third-order valence-electron chi connectivity index (χ3n) is 2.25. The SMILES string of the molecule is Cc1nc(Br)cc(Sc2nc3ccccc3s2)n1. The third-order valence-corrected chi connectivity index (χ3v) is 4.67. The summed E-state index contributed by atoms with van der Waals surface area (Å²) in [5, 5.41) is 0.911. The Bertz CT molecular complexity index is 658. The van der Waals surface area contributed by atoms with Gasteiger partial charge in [-0.25, -0.2) is 15.0 Å². The van der Waals surface area contributed by atoms with E-state index in [0.29, 0.717) is 0 Å². The van der Waals surface area contributed by atoms with E-state index in [2.05, 4.69) is 36.9 Å². The fourth-order valence-corrected chi connectivity index (χ4v) is 4.23. The molecule has 0 radical (unpaired) electrons. The molecule has 0 atom stereocenters. The summed E-state index contributed by atoms with van der Waals surface area (Å²) >= 11 is 6.63. The average molecular weight is 338 g/mol. The smallest absolute Gasteiger partial charge is 0.157 e. The number of hydrogen-bond acceptors (Lipinski definition) is 5. The maximum absolute atomic E-state index is 4.57. The topological polar surface area (TPSA) is 38.7 Å². The standard InChI is InChI=1S/C12H8BrN3S2/c1-7-14-10(13)6-11(15-7)18-12-16-8-4-2-3-5-9(8)17-12/h2-6H,1H3. The van der Waals surface area contributed by atoms with E-state index in [1.54, 1.807) is 23.1 Å². The van der Waals surface area contributed by atoms with Crippen LogP contribution in [0.2, 0.25) is 0 Å². The van der Waals surface area contributed by atoms with Crippen LogP contribution in [0.1, 0.15) is 5.82 Å². The molecule has 2 aromatic heterocycles. The number of para-hydroxylation sites is 1. The Hall–Kier alpha value is -0.980. The van der Waals surface area contributed by atoms with Crippen molar-refractivity contribution in [2.45, 2.75) is 16.3 Å². The molecule has 0 spiro atoms. The lowest BCUT2D eigenvalue weighted by molar-refractivity contribution is 0.950. The van der Waals surface area contributed by atoms with Gasteiger partial charge in [-0.05, 0) is 46.7 Å². The number of thiazole rings is 1. The van der Waals surface area contributed by atoms with Crippen molar-refractivity contribution in [2.24, 2.45) is 0 Å². The predicted octanol–water partition coefficient (Wildman–Crippen LogP) is 4.31. The zero-order chi connectivity index (χ0) is 12.5. The number of aryl methyl sites for hydroxylation is 1. The lowest BCUT2D eigenvalue weighted by Gasteiger charge is -1.99. The van der Waals surface area contributed by atoms with Gasteiger partial charge in [0.25, 0.3) is 0 Å². The van der Waals surface area contributed by atoms with E-state index in [1.807, 2.05) is 31.2 Å². The number of hydrogen-bond donors (Lipinski definition) is 0. The number of aromatic nitrogens is 3. The van der Waals surface area contributed by atoms with Crippen LogP contribution in [0.15, 0.2) is 44.3 Å². The number of benzene rings is 1. The van der Waals surface area contributed by atoms with Gasteiger partial charge in [0, 0.05) is 6.07 Å². The van der Waals surface area contributed by atoms with Gasteiger partial charge in [-0.2, -0.15) is 0 Å². The predicted molar refractivity (Wildman–Crippen MR) is 78.2 cm³/mol. The van der Waals surface area contributed by atoms with Crippen molar-refractivity contribution in [3.8, 4) is 0 Å². The largest absolute Gasteiger partial charge is 0.229 e. The molecule has 0 bridgehead atoms. The lowest BCUT2D eigenvalue weighted by Crippen LogP contribution is -1.89. The van der Waals surface area contributed by atoms with E-state index in [0.717, 1.165) is 25.3 Å².